The molecule has 1 aromatic heterocycles. The molecule has 0 unspecified atom stereocenters. The number of carbonyl (C=O) groups excluding carboxylic acids is 1. The second-order valence-electron chi connectivity index (χ2n) is 5.12. The van der Waals surface area contributed by atoms with Gasteiger partial charge in [0.05, 0.1) is 33.2 Å². The van der Waals surface area contributed by atoms with E-state index in [1.165, 1.54) is 24.3 Å². The molecule has 0 aliphatic heterocycles. The van der Waals surface area contributed by atoms with E-state index in [-0.39, 0.29) is 27.1 Å². The Labute approximate surface area is 155 Å². The van der Waals surface area contributed by atoms with Crippen molar-refractivity contribution < 1.29 is 18.0 Å². The Morgan fingerprint density at radius 1 is 1.08 bits per heavy atom. The van der Waals surface area contributed by atoms with Crippen LogP contribution in [-0.4, -0.2) is 20.9 Å². The number of benzene rings is 2. The second-order valence-corrected chi connectivity index (χ2v) is 5.90. The summed E-state index contributed by atoms with van der Waals surface area (Å²) in [5.41, 5.74) is -1.07. The molecule has 1 heterocycles. The summed E-state index contributed by atoms with van der Waals surface area (Å²) >= 11 is 11.8. The maximum atomic E-state index is 13.1. The van der Waals surface area contributed by atoms with Gasteiger partial charge in [0.2, 0.25) is 0 Å². The van der Waals surface area contributed by atoms with Crippen LogP contribution in [0.3, 0.4) is 0 Å². The number of amides is 1. The highest BCUT2D eigenvalue weighted by atomic mass is 35.5. The fraction of sp³-hybridized carbons (Fsp3) is 0.0625. The first-order chi connectivity index (χ1) is 12.3. The van der Waals surface area contributed by atoms with Crippen LogP contribution in [-0.2, 0) is 6.18 Å². The van der Waals surface area contributed by atoms with Gasteiger partial charge in [-0.3, -0.25) is 4.79 Å². The lowest BCUT2D eigenvalue weighted by Gasteiger charge is -2.11. The van der Waals surface area contributed by atoms with Crippen LogP contribution in [0.15, 0.2) is 48.7 Å². The average molecular weight is 401 g/mol. The third kappa shape index (κ3) is 3.66. The summed E-state index contributed by atoms with van der Waals surface area (Å²) in [5, 5.41) is 10.1. The van der Waals surface area contributed by atoms with Crippen LogP contribution in [0.2, 0.25) is 10.0 Å². The van der Waals surface area contributed by atoms with Gasteiger partial charge in [0, 0.05) is 0 Å². The van der Waals surface area contributed by atoms with Gasteiger partial charge < -0.3 is 5.32 Å². The Hall–Kier alpha value is -2.58. The van der Waals surface area contributed by atoms with Crippen molar-refractivity contribution in [2.45, 2.75) is 6.18 Å². The van der Waals surface area contributed by atoms with Crippen molar-refractivity contribution >= 4 is 34.8 Å². The van der Waals surface area contributed by atoms with Crippen molar-refractivity contribution in [1.29, 1.82) is 0 Å². The largest absolute Gasteiger partial charge is 0.418 e. The van der Waals surface area contributed by atoms with Gasteiger partial charge in [0.1, 0.15) is 0 Å². The molecule has 0 saturated heterocycles. The molecule has 3 rings (SSSR count). The molecule has 0 fully saturated rings. The van der Waals surface area contributed by atoms with E-state index in [4.69, 9.17) is 23.2 Å². The Balaban J connectivity index is 1.89. The standard InChI is InChI=1S/C16H9Cl2F3N4O/c17-10-5-3-6-11(14(10)18)22-15(26)12-8-25(24-23-12)13-7-2-1-4-9(13)16(19,20)21/h1-8H,(H,22,26). The number of halogens is 5. The maximum absolute atomic E-state index is 13.1. The van der Waals surface area contributed by atoms with Crippen LogP contribution in [0.4, 0.5) is 18.9 Å². The summed E-state index contributed by atoms with van der Waals surface area (Å²) in [4.78, 5) is 12.3. The highest BCUT2D eigenvalue weighted by Gasteiger charge is 2.34. The van der Waals surface area contributed by atoms with Crippen LogP contribution < -0.4 is 5.32 Å². The van der Waals surface area contributed by atoms with Crippen molar-refractivity contribution in [2.75, 3.05) is 5.32 Å². The first-order valence-electron chi connectivity index (χ1n) is 7.11. The first-order valence-corrected chi connectivity index (χ1v) is 7.87. The summed E-state index contributed by atoms with van der Waals surface area (Å²) < 4.78 is 40.2. The van der Waals surface area contributed by atoms with Crippen molar-refractivity contribution in [3.8, 4) is 5.69 Å². The fourth-order valence-electron chi connectivity index (χ4n) is 2.19. The molecule has 0 spiro atoms. The van der Waals surface area contributed by atoms with Gasteiger partial charge in [-0.1, -0.05) is 46.6 Å². The molecule has 10 heteroatoms. The van der Waals surface area contributed by atoms with Crippen LogP contribution in [0.5, 0.6) is 0 Å². The number of hydrogen-bond acceptors (Lipinski definition) is 3. The van der Waals surface area contributed by atoms with E-state index in [2.05, 4.69) is 15.6 Å². The molecule has 1 N–H and O–H groups in total. The van der Waals surface area contributed by atoms with E-state index in [0.717, 1.165) is 16.9 Å². The highest BCUT2D eigenvalue weighted by Crippen LogP contribution is 2.33. The van der Waals surface area contributed by atoms with Crippen molar-refractivity contribution in [2.24, 2.45) is 0 Å². The SMILES string of the molecule is O=C(Nc1cccc(Cl)c1Cl)c1cn(-c2ccccc2C(F)(F)F)nn1. The number of alkyl halides is 3. The molecule has 26 heavy (non-hydrogen) atoms. The number of carbonyl (C=O) groups is 1. The molecule has 0 bridgehead atoms. The number of hydrogen-bond donors (Lipinski definition) is 1. The van der Waals surface area contributed by atoms with E-state index >= 15 is 0 Å². The van der Waals surface area contributed by atoms with E-state index < -0.39 is 17.6 Å². The summed E-state index contributed by atoms with van der Waals surface area (Å²) in [6.07, 6.45) is -3.47. The van der Waals surface area contributed by atoms with Gasteiger partial charge in [0.25, 0.3) is 5.91 Å². The van der Waals surface area contributed by atoms with Crippen molar-refractivity contribution in [3.63, 3.8) is 0 Å². The van der Waals surface area contributed by atoms with E-state index in [1.54, 1.807) is 12.1 Å². The van der Waals surface area contributed by atoms with E-state index in [9.17, 15) is 18.0 Å². The molecular formula is C16H9Cl2F3N4O. The molecule has 0 saturated carbocycles. The molecule has 2 aromatic carbocycles. The normalized spacial score (nSPS) is 11.4. The van der Waals surface area contributed by atoms with E-state index in [1.807, 2.05) is 0 Å². The number of anilines is 1. The third-order valence-corrected chi connectivity index (χ3v) is 4.20. The Morgan fingerprint density at radius 3 is 2.54 bits per heavy atom. The zero-order chi connectivity index (χ0) is 18.9. The van der Waals surface area contributed by atoms with Gasteiger partial charge in [0.15, 0.2) is 5.69 Å². The van der Waals surface area contributed by atoms with Crippen LogP contribution in [0, 0.1) is 0 Å². The van der Waals surface area contributed by atoms with Crippen molar-refractivity contribution in [1.82, 2.24) is 15.0 Å². The lowest BCUT2D eigenvalue weighted by molar-refractivity contribution is -0.137. The van der Waals surface area contributed by atoms with Gasteiger partial charge >= 0.3 is 6.18 Å². The number of nitrogens with one attached hydrogen (secondary N) is 1. The lowest BCUT2D eigenvalue weighted by atomic mass is 10.1. The number of rotatable bonds is 3. The second kappa shape index (κ2) is 6.97. The predicted molar refractivity (Wildman–Crippen MR) is 90.8 cm³/mol. The van der Waals surface area contributed by atoms with Crippen LogP contribution in [0.1, 0.15) is 16.1 Å². The Kier molecular flexibility index (Phi) is 4.88. The lowest BCUT2D eigenvalue weighted by Crippen LogP contribution is -2.13. The minimum absolute atomic E-state index is 0.136. The molecule has 0 atom stereocenters. The van der Waals surface area contributed by atoms with Gasteiger partial charge in [-0.15, -0.1) is 5.10 Å². The average Bonchev–Trinajstić information content (AvgIpc) is 3.08. The molecule has 5 nitrogen and oxygen atoms in total. The van der Waals surface area contributed by atoms with Gasteiger partial charge in [-0.25, -0.2) is 4.68 Å². The Morgan fingerprint density at radius 2 is 1.81 bits per heavy atom. The molecule has 134 valence electrons. The molecule has 3 aromatic rings. The summed E-state index contributed by atoms with van der Waals surface area (Å²) in [6.45, 7) is 0. The maximum Gasteiger partial charge on any atom is 0.418 e. The quantitative estimate of drug-likeness (QED) is 0.683. The van der Waals surface area contributed by atoms with E-state index in [0.29, 0.717) is 0 Å². The minimum Gasteiger partial charge on any atom is -0.319 e. The number of para-hydroxylation sites is 1. The van der Waals surface area contributed by atoms with Gasteiger partial charge in [-0.05, 0) is 24.3 Å². The molecule has 0 aliphatic rings. The van der Waals surface area contributed by atoms with Crippen LogP contribution in [0.25, 0.3) is 5.69 Å². The number of nitrogens with zero attached hydrogens (tertiary/aromatic N) is 3. The molecule has 1 amide bonds. The summed E-state index contributed by atoms with van der Waals surface area (Å²) in [7, 11) is 0. The summed E-state index contributed by atoms with van der Waals surface area (Å²) in [5.74, 6) is -0.690. The topological polar surface area (TPSA) is 59.8 Å². The monoisotopic (exact) mass is 400 g/mol. The van der Waals surface area contributed by atoms with Crippen molar-refractivity contribution in [3.05, 3.63) is 70.0 Å². The highest BCUT2D eigenvalue weighted by molar-refractivity contribution is 6.44. The molecular weight excluding hydrogens is 392 g/mol. The molecule has 0 radical (unpaired) electrons. The minimum atomic E-state index is -4.57. The smallest absolute Gasteiger partial charge is 0.319 e. The predicted octanol–water partition coefficient (Wildman–Crippen LogP) is 4.85. The summed E-state index contributed by atoms with van der Waals surface area (Å²) in [6, 6.07) is 9.49. The molecule has 0 aliphatic carbocycles. The zero-order valence-corrected chi connectivity index (χ0v) is 14.3. The first kappa shape index (κ1) is 18.2. The van der Waals surface area contributed by atoms with Gasteiger partial charge in [-0.2, -0.15) is 13.2 Å². The third-order valence-electron chi connectivity index (χ3n) is 3.38. The number of aromatic nitrogens is 3. The van der Waals surface area contributed by atoms with Crippen LogP contribution >= 0.6 is 23.2 Å². The zero-order valence-electron chi connectivity index (χ0n) is 12.8. The Bertz CT molecular complexity index is 972. The fourth-order valence-corrected chi connectivity index (χ4v) is 2.53.